The maximum absolute atomic E-state index is 14.0. The van der Waals surface area contributed by atoms with Gasteiger partial charge in [0.25, 0.3) is 0 Å². The van der Waals surface area contributed by atoms with E-state index in [0.717, 1.165) is 11.3 Å². The highest BCUT2D eigenvalue weighted by Gasteiger charge is 2.11. The third-order valence-electron chi connectivity index (χ3n) is 3.42. The van der Waals surface area contributed by atoms with Crippen LogP contribution in [0.15, 0.2) is 42.5 Å². The van der Waals surface area contributed by atoms with Crippen LogP contribution in [-0.2, 0) is 6.54 Å². The first-order chi connectivity index (χ1) is 10.1. The normalized spacial score (nSPS) is 12.0. The Morgan fingerprint density at radius 1 is 1.05 bits per heavy atom. The Bertz CT molecular complexity index is 601. The van der Waals surface area contributed by atoms with Crippen LogP contribution in [0.1, 0.15) is 24.1 Å². The second kappa shape index (κ2) is 7.09. The molecule has 2 aromatic carbocycles. The van der Waals surface area contributed by atoms with Gasteiger partial charge in [-0.25, -0.2) is 4.39 Å². The highest BCUT2D eigenvalue weighted by molar-refractivity contribution is 5.31. The first-order valence-corrected chi connectivity index (χ1v) is 6.83. The number of halogens is 1. The van der Waals surface area contributed by atoms with Crippen LogP contribution in [0.25, 0.3) is 0 Å². The molecule has 0 heterocycles. The fraction of sp³-hybridized carbons (Fsp3) is 0.294. The largest absolute Gasteiger partial charge is 0.497 e. The summed E-state index contributed by atoms with van der Waals surface area (Å²) >= 11 is 0. The molecule has 0 saturated heterocycles. The minimum absolute atomic E-state index is 0.0953. The van der Waals surface area contributed by atoms with Gasteiger partial charge in [-0.2, -0.15) is 0 Å². The average Bonchev–Trinajstić information content (AvgIpc) is 2.52. The van der Waals surface area contributed by atoms with E-state index in [9.17, 15) is 4.39 Å². The van der Waals surface area contributed by atoms with Gasteiger partial charge in [0.2, 0.25) is 0 Å². The molecule has 1 N–H and O–H groups in total. The molecule has 0 aromatic heterocycles. The molecule has 0 radical (unpaired) electrons. The summed E-state index contributed by atoms with van der Waals surface area (Å²) in [6.07, 6.45) is 0. The summed E-state index contributed by atoms with van der Waals surface area (Å²) in [5, 5.41) is 3.31. The van der Waals surface area contributed by atoms with Gasteiger partial charge in [-0.3, -0.25) is 0 Å². The molecule has 0 aliphatic rings. The lowest BCUT2D eigenvalue weighted by molar-refractivity contribution is 0.409. The number of nitrogens with one attached hydrogen (secondary N) is 1. The molecule has 2 rings (SSSR count). The minimum Gasteiger partial charge on any atom is -0.497 e. The smallest absolute Gasteiger partial charge is 0.131 e. The topological polar surface area (TPSA) is 30.5 Å². The van der Waals surface area contributed by atoms with Crippen LogP contribution in [0.5, 0.6) is 11.5 Å². The van der Waals surface area contributed by atoms with E-state index in [-0.39, 0.29) is 11.9 Å². The van der Waals surface area contributed by atoms with Crippen LogP contribution in [0.3, 0.4) is 0 Å². The maximum atomic E-state index is 14.0. The number of hydrogen-bond donors (Lipinski definition) is 1. The zero-order valence-corrected chi connectivity index (χ0v) is 12.5. The number of ether oxygens (including phenoxy) is 2. The molecule has 0 amide bonds. The molecule has 4 heteroatoms. The van der Waals surface area contributed by atoms with Crippen molar-refractivity contribution in [1.82, 2.24) is 5.32 Å². The predicted octanol–water partition coefficient (Wildman–Crippen LogP) is 3.69. The summed E-state index contributed by atoms with van der Waals surface area (Å²) in [4.78, 5) is 0. The van der Waals surface area contributed by atoms with Crippen LogP contribution < -0.4 is 14.8 Å². The van der Waals surface area contributed by atoms with Gasteiger partial charge in [0.15, 0.2) is 0 Å². The SMILES string of the molecule is COc1cccc(CNC(C)c2ccc(OC)cc2F)c1. The van der Waals surface area contributed by atoms with E-state index < -0.39 is 0 Å². The Kier molecular flexibility index (Phi) is 5.17. The van der Waals surface area contributed by atoms with Crippen LogP contribution in [-0.4, -0.2) is 14.2 Å². The van der Waals surface area contributed by atoms with Gasteiger partial charge in [0.05, 0.1) is 14.2 Å². The van der Waals surface area contributed by atoms with Crippen molar-refractivity contribution in [3.8, 4) is 11.5 Å². The lowest BCUT2D eigenvalue weighted by Gasteiger charge is -2.16. The van der Waals surface area contributed by atoms with Crippen molar-refractivity contribution in [2.75, 3.05) is 14.2 Å². The summed E-state index contributed by atoms with van der Waals surface area (Å²) in [5.74, 6) is 1.08. The highest BCUT2D eigenvalue weighted by atomic mass is 19.1. The Morgan fingerprint density at radius 2 is 1.76 bits per heavy atom. The van der Waals surface area contributed by atoms with Crippen LogP contribution >= 0.6 is 0 Å². The fourth-order valence-corrected chi connectivity index (χ4v) is 2.15. The van der Waals surface area contributed by atoms with Gasteiger partial charge >= 0.3 is 0 Å². The molecule has 0 saturated carbocycles. The van der Waals surface area contributed by atoms with Crippen molar-refractivity contribution in [3.63, 3.8) is 0 Å². The first kappa shape index (κ1) is 15.3. The lowest BCUT2D eigenvalue weighted by atomic mass is 10.1. The molecule has 0 bridgehead atoms. The standard InChI is InChI=1S/C17H20FNO2/c1-12(16-8-7-15(21-3)10-17(16)18)19-11-13-5-4-6-14(9-13)20-2/h4-10,12,19H,11H2,1-3H3. The lowest BCUT2D eigenvalue weighted by Crippen LogP contribution is -2.19. The summed E-state index contributed by atoms with van der Waals surface area (Å²) in [6, 6.07) is 12.6. The molecule has 0 aliphatic carbocycles. The first-order valence-electron chi connectivity index (χ1n) is 6.83. The number of hydrogen-bond acceptors (Lipinski definition) is 3. The maximum Gasteiger partial charge on any atom is 0.131 e. The summed E-state index contributed by atoms with van der Waals surface area (Å²) in [6.45, 7) is 2.58. The second-order valence-electron chi connectivity index (χ2n) is 4.84. The van der Waals surface area contributed by atoms with Crippen molar-refractivity contribution >= 4 is 0 Å². The van der Waals surface area contributed by atoms with Gasteiger partial charge < -0.3 is 14.8 Å². The third kappa shape index (κ3) is 3.95. The van der Waals surface area contributed by atoms with E-state index in [1.165, 1.54) is 13.2 Å². The zero-order chi connectivity index (χ0) is 15.2. The summed E-state index contributed by atoms with van der Waals surface area (Å²) in [7, 11) is 3.17. The third-order valence-corrected chi connectivity index (χ3v) is 3.42. The van der Waals surface area contributed by atoms with Gasteiger partial charge in [-0.15, -0.1) is 0 Å². The fourth-order valence-electron chi connectivity index (χ4n) is 2.15. The molecule has 0 fully saturated rings. The van der Waals surface area contributed by atoms with Gasteiger partial charge in [0.1, 0.15) is 17.3 Å². The highest BCUT2D eigenvalue weighted by Crippen LogP contribution is 2.22. The molecule has 1 unspecified atom stereocenters. The molecule has 112 valence electrons. The summed E-state index contributed by atoms with van der Waals surface area (Å²) in [5.41, 5.74) is 1.72. The van der Waals surface area contributed by atoms with Crippen LogP contribution in [0.4, 0.5) is 4.39 Å². The van der Waals surface area contributed by atoms with E-state index in [0.29, 0.717) is 17.9 Å². The van der Waals surface area contributed by atoms with Crippen molar-refractivity contribution < 1.29 is 13.9 Å². The van der Waals surface area contributed by atoms with Crippen molar-refractivity contribution in [1.29, 1.82) is 0 Å². The van der Waals surface area contributed by atoms with E-state index in [4.69, 9.17) is 9.47 Å². The van der Waals surface area contributed by atoms with E-state index in [1.807, 2.05) is 31.2 Å². The molecule has 2 aromatic rings. The van der Waals surface area contributed by atoms with Crippen LogP contribution in [0.2, 0.25) is 0 Å². The Balaban J connectivity index is 2.02. The second-order valence-corrected chi connectivity index (χ2v) is 4.84. The van der Waals surface area contributed by atoms with Gasteiger partial charge in [-0.05, 0) is 30.7 Å². The zero-order valence-electron chi connectivity index (χ0n) is 12.5. The number of rotatable bonds is 6. The average molecular weight is 289 g/mol. The molecular weight excluding hydrogens is 269 g/mol. The number of benzene rings is 2. The Morgan fingerprint density at radius 3 is 2.43 bits per heavy atom. The summed E-state index contributed by atoms with van der Waals surface area (Å²) < 4.78 is 24.2. The molecule has 21 heavy (non-hydrogen) atoms. The van der Waals surface area contributed by atoms with Crippen molar-refractivity contribution in [2.45, 2.75) is 19.5 Å². The van der Waals surface area contributed by atoms with Crippen LogP contribution in [0, 0.1) is 5.82 Å². The predicted molar refractivity (Wildman–Crippen MR) is 81.2 cm³/mol. The minimum atomic E-state index is -0.264. The molecule has 1 atom stereocenters. The van der Waals surface area contributed by atoms with Crippen molar-refractivity contribution in [2.24, 2.45) is 0 Å². The molecular formula is C17H20FNO2. The Labute approximate surface area is 124 Å². The quantitative estimate of drug-likeness (QED) is 0.879. The van der Waals surface area contributed by atoms with Crippen molar-refractivity contribution in [3.05, 3.63) is 59.4 Å². The van der Waals surface area contributed by atoms with Gasteiger partial charge in [-0.1, -0.05) is 18.2 Å². The van der Waals surface area contributed by atoms with E-state index in [2.05, 4.69) is 5.32 Å². The Hall–Kier alpha value is -2.07. The molecule has 3 nitrogen and oxygen atoms in total. The number of methoxy groups -OCH3 is 2. The monoisotopic (exact) mass is 289 g/mol. The molecule has 0 aliphatic heterocycles. The van der Waals surface area contributed by atoms with Gasteiger partial charge in [0, 0.05) is 24.2 Å². The molecule has 0 spiro atoms. The van der Waals surface area contributed by atoms with E-state index in [1.54, 1.807) is 19.2 Å². The van der Waals surface area contributed by atoms with E-state index >= 15 is 0 Å².